The number of carboxylic acid groups (broad SMARTS) is 1. The number of aryl methyl sites for hydroxylation is 1. The zero-order valence-corrected chi connectivity index (χ0v) is 44.7. The largest absolute Gasteiger partial charge is 0.507 e. The van der Waals surface area contributed by atoms with Crippen LogP contribution in [-0.2, 0) is 23.8 Å². The predicted octanol–water partition coefficient (Wildman–Crippen LogP) is 7.34. The highest BCUT2D eigenvalue weighted by atomic mass is 19.1. The number of ether oxygens (including phenoxy) is 4. The van der Waals surface area contributed by atoms with E-state index in [4.69, 9.17) is 18.9 Å². The number of aliphatic imine (C=N–C) groups is 1. The summed E-state index contributed by atoms with van der Waals surface area (Å²) in [5, 5.41) is 71.1. The second-order valence-corrected chi connectivity index (χ2v) is 21.3. The number of rotatable bonds is 8. The number of anilines is 2. The second kappa shape index (κ2) is 21.6. The van der Waals surface area contributed by atoms with Gasteiger partial charge in [0.1, 0.15) is 28.9 Å². The van der Waals surface area contributed by atoms with Crippen LogP contribution in [0.1, 0.15) is 117 Å². The number of aromatic nitrogens is 1. The van der Waals surface area contributed by atoms with Crippen molar-refractivity contribution >= 4 is 57.5 Å². The first-order valence-corrected chi connectivity index (χ1v) is 25.8. The number of pyridine rings is 2. The topological polar surface area (TPSA) is 276 Å². The van der Waals surface area contributed by atoms with Crippen LogP contribution in [0.3, 0.4) is 0 Å². The molecule has 0 spiro atoms. The highest BCUT2D eigenvalue weighted by molar-refractivity contribution is 6.24. The van der Waals surface area contributed by atoms with E-state index < -0.39 is 112 Å². The molecule has 20 heteroatoms. The molecule has 0 radical (unpaired) electrons. The van der Waals surface area contributed by atoms with Crippen molar-refractivity contribution in [2.24, 2.45) is 34.6 Å². The number of esters is 1. The Morgan fingerprint density at radius 3 is 2.30 bits per heavy atom. The summed E-state index contributed by atoms with van der Waals surface area (Å²) < 4.78 is 41.0. The number of aromatic carboxylic acids is 1. The van der Waals surface area contributed by atoms with Gasteiger partial charge in [-0.05, 0) is 75.1 Å². The van der Waals surface area contributed by atoms with Crippen molar-refractivity contribution in [2.45, 2.75) is 118 Å². The van der Waals surface area contributed by atoms with E-state index in [1.807, 2.05) is 4.90 Å². The molecule has 10 atom stereocenters. The number of nitrogens with zero attached hydrogens (tertiary/aromatic N) is 3. The summed E-state index contributed by atoms with van der Waals surface area (Å²) in [5.74, 6) is -11.4. The lowest BCUT2D eigenvalue weighted by Gasteiger charge is -2.38. The van der Waals surface area contributed by atoms with Gasteiger partial charge < -0.3 is 59.8 Å². The Hall–Kier alpha value is -7.29. The predicted molar refractivity (Wildman–Crippen MR) is 284 cm³/mol. The first-order chi connectivity index (χ1) is 36.3. The van der Waals surface area contributed by atoms with Gasteiger partial charge in [-0.15, -0.1) is 0 Å². The summed E-state index contributed by atoms with van der Waals surface area (Å²) in [6, 6.07) is 1.40. The molecule has 4 aromatic rings. The van der Waals surface area contributed by atoms with Gasteiger partial charge in [0, 0.05) is 87.0 Å². The van der Waals surface area contributed by atoms with Gasteiger partial charge in [0.25, 0.3) is 17.2 Å². The zero-order valence-electron chi connectivity index (χ0n) is 44.7. The van der Waals surface area contributed by atoms with Crippen molar-refractivity contribution in [1.82, 2.24) is 4.40 Å². The molecule has 6 heterocycles. The average Bonchev–Trinajstić information content (AvgIpc) is 4.19. The van der Waals surface area contributed by atoms with Gasteiger partial charge in [-0.2, -0.15) is 0 Å². The number of fused-ring (bicyclic) bond motifs is 15. The molecule has 19 nitrogen and oxygen atoms in total. The van der Waals surface area contributed by atoms with Crippen LogP contribution in [0.25, 0.3) is 16.3 Å². The minimum Gasteiger partial charge on any atom is -0.507 e. The van der Waals surface area contributed by atoms with Gasteiger partial charge in [0.15, 0.2) is 11.6 Å². The number of halogens is 1. The van der Waals surface area contributed by atoms with E-state index in [0.717, 1.165) is 23.4 Å². The van der Waals surface area contributed by atoms with E-state index in [-0.39, 0.29) is 68.5 Å². The molecule has 1 aliphatic carbocycles. The summed E-state index contributed by atoms with van der Waals surface area (Å²) in [4.78, 5) is 72.9. The summed E-state index contributed by atoms with van der Waals surface area (Å²) in [7, 11) is 1.41. The molecule has 7 N–H and O–H groups in total. The molecule has 9 rings (SSSR count). The van der Waals surface area contributed by atoms with Gasteiger partial charge >= 0.3 is 17.7 Å². The van der Waals surface area contributed by atoms with Gasteiger partial charge in [-0.1, -0.05) is 45.9 Å². The molecule has 1 saturated carbocycles. The number of methoxy groups -OCH3 is 1. The van der Waals surface area contributed by atoms with Crippen molar-refractivity contribution in [3.8, 4) is 23.0 Å². The zero-order chi connectivity index (χ0) is 56.3. The number of Topliss-reactive ketones (excluding diaryl/α,β-unsaturated/α-hetero) is 1. The molecule has 1 amide bonds. The smallest absolute Gasteiger partial charge is 0.341 e. The van der Waals surface area contributed by atoms with E-state index in [9.17, 15) is 54.6 Å². The summed E-state index contributed by atoms with van der Waals surface area (Å²) >= 11 is 0. The maximum absolute atomic E-state index is 16.2. The van der Waals surface area contributed by atoms with Crippen LogP contribution in [0, 0.1) is 49.3 Å². The van der Waals surface area contributed by atoms with Gasteiger partial charge in [-0.25, -0.2) is 9.18 Å². The maximum atomic E-state index is 16.2. The van der Waals surface area contributed by atoms with Crippen LogP contribution in [0.5, 0.6) is 23.0 Å². The summed E-state index contributed by atoms with van der Waals surface area (Å²) in [6.07, 6.45) is 7.59. The average molecular weight is 1070 g/mol. The number of allylic oxidation sites excluding steroid dienone is 2. The number of phenolic OH excluding ortho intramolecular Hbond substituents is 3. The van der Waals surface area contributed by atoms with Crippen molar-refractivity contribution in [1.29, 1.82) is 0 Å². The highest BCUT2D eigenvalue weighted by Crippen LogP contribution is 2.55. The molecular formula is C57H67FN4O15. The van der Waals surface area contributed by atoms with E-state index in [1.165, 1.54) is 65.5 Å². The Morgan fingerprint density at radius 1 is 0.948 bits per heavy atom. The number of benzene rings is 2. The number of aliphatic hydroxyl groups excluding tert-OH is 2. The third-order valence-corrected chi connectivity index (χ3v) is 15.9. The van der Waals surface area contributed by atoms with Crippen LogP contribution >= 0.6 is 0 Å². The number of aromatic hydroxyl groups is 3. The third kappa shape index (κ3) is 10.3. The standard InChI is InChI=1S/C57H67FN4O15/c1-25-12-11-13-26(2)54(70)60-43-37(22-59-21-33-16-18-61(23-33)45-28(4)44-35(34-14-15-34)20-36(56(72)73)55(71)62(44)24-38(45)58)49(67)40-41(50(43)68)48(66)31(7)52-42(40)53(69)57(9,77-52)75-19-17-39(74-10)27(3)51(76-32(8)63)30(6)47(65)29(5)46(25)64/h11-13,17,19-20,22,24-25,27,29-30,33-34,39,46-47,51,64-68H,14-16,18,21,23H2,1-10H3,(H,60,70)(H,72,73)/t25-,27+,29+,30+,33-,39-,46-,47+,51+,57-/m0/s1. The Labute approximate surface area is 443 Å². The van der Waals surface area contributed by atoms with Gasteiger partial charge in [0.2, 0.25) is 0 Å². The fraction of sp³-hybridized carbons (Fsp3) is 0.474. The second-order valence-electron chi connectivity index (χ2n) is 21.3. The van der Waals surface area contributed by atoms with Crippen molar-refractivity contribution in [2.75, 3.05) is 37.0 Å². The lowest BCUT2D eigenvalue weighted by Crippen LogP contribution is -2.46. The first kappa shape index (κ1) is 55.9. The quantitative estimate of drug-likeness (QED) is 0.0394. The number of phenols is 3. The van der Waals surface area contributed by atoms with Crippen molar-refractivity contribution in [3.63, 3.8) is 0 Å². The Bertz CT molecular complexity index is 3270. The molecule has 77 heavy (non-hydrogen) atoms. The number of aliphatic hydroxyl groups is 2. The number of ketones is 1. The monoisotopic (exact) mass is 1070 g/mol. The fourth-order valence-corrected chi connectivity index (χ4v) is 11.2. The Morgan fingerprint density at radius 2 is 1.65 bits per heavy atom. The van der Waals surface area contributed by atoms with Crippen LogP contribution in [0.2, 0.25) is 0 Å². The van der Waals surface area contributed by atoms with Crippen molar-refractivity contribution in [3.05, 3.63) is 98.0 Å². The molecule has 5 bridgehead atoms. The van der Waals surface area contributed by atoms with E-state index in [2.05, 4.69) is 10.3 Å². The number of carbonyl (C=O) groups is 4. The van der Waals surface area contributed by atoms with Gasteiger partial charge in [0.05, 0.1) is 64.2 Å². The van der Waals surface area contributed by atoms with Crippen LogP contribution in [-0.4, -0.2) is 122 Å². The normalized spacial score (nSPS) is 27.4. The molecule has 2 fully saturated rings. The van der Waals surface area contributed by atoms with E-state index in [0.29, 0.717) is 36.2 Å². The Balaban J connectivity index is 1.19. The minimum absolute atomic E-state index is 0.00677. The molecule has 4 aliphatic heterocycles. The number of carbonyl (C=O) groups excluding carboxylic acids is 3. The van der Waals surface area contributed by atoms with E-state index in [1.54, 1.807) is 46.8 Å². The molecule has 1 saturated heterocycles. The van der Waals surface area contributed by atoms with Gasteiger partial charge in [-0.3, -0.25) is 28.6 Å². The number of hydrogen-bond donors (Lipinski definition) is 7. The molecule has 5 aliphatic rings. The number of carboxylic acids is 1. The molecule has 2 aromatic carbocycles. The molecular weight excluding hydrogens is 1000 g/mol. The highest BCUT2D eigenvalue weighted by Gasteiger charge is 2.50. The minimum atomic E-state index is -2.13. The van der Waals surface area contributed by atoms with Crippen LogP contribution in [0.15, 0.2) is 58.2 Å². The lowest BCUT2D eigenvalue weighted by molar-refractivity contribution is -0.160. The molecule has 0 unspecified atom stereocenters. The number of nitrogens with one attached hydrogen (secondary N) is 1. The first-order valence-electron chi connectivity index (χ1n) is 25.8. The van der Waals surface area contributed by atoms with Crippen molar-refractivity contribution < 1.29 is 73.2 Å². The van der Waals surface area contributed by atoms with E-state index >= 15 is 4.39 Å². The SMILES string of the molecule is CO[C@H]1C=CO[C@@]2(C)Oc3c(C)c(O)c4c(O)c(c(C=NC[C@@H]5CCN(c6c(F)cn7c(=O)c(C(=O)O)cc(C8CC8)c7c6C)C5)c(O)c4c3C2=O)NC(=O)C(C)=CC=C[C@H](C)[C@H](O)[C@@H](C)[C@@H](O)[C@@H](C)[C@H](OC(C)=O)[C@@H]1C. The molecule has 2 aromatic heterocycles. The number of amides is 1. The Kier molecular flexibility index (Phi) is 15.7. The summed E-state index contributed by atoms with van der Waals surface area (Å²) in [5.41, 5.74) is -0.123. The summed E-state index contributed by atoms with van der Waals surface area (Å²) in [6.45, 7) is 14.8. The van der Waals surface area contributed by atoms with Crippen LogP contribution < -0.4 is 20.5 Å². The number of hydrogen-bond acceptors (Lipinski definition) is 16. The third-order valence-electron chi connectivity index (χ3n) is 15.9. The molecule has 412 valence electrons. The maximum Gasteiger partial charge on any atom is 0.341 e. The fourth-order valence-electron chi connectivity index (χ4n) is 11.2. The van der Waals surface area contributed by atoms with Crippen LogP contribution in [0.4, 0.5) is 15.8 Å². The lowest BCUT2D eigenvalue weighted by atomic mass is 9.78.